The van der Waals surface area contributed by atoms with E-state index in [1.807, 2.05) is 0 Å². The van der Waals surface area contributed by atoms with Crippen molar-refractivity contribution in [3.63, 3.8) is 0 Å². The van der Waals surface area contributed by atoms with Gasteiger partial charge in [-0.2, -0.15) is 5.06 Å². The van der Waals surface area contributed by atoms with Crippen LogP contribution in [0.15, 0.2) is 24.0 Å². The number of nitrogens with zero attached hydrogens (tertiary/aromatic N) is 2. The van der Waals surface area contributed by atoms with Gasteiger partial charge in [0.25, 0.3) is 12.3 Å². The van der Waals surface area contributed by atoms with Gasteiger partial charge in [-0.1, -0.05) is 29.3 Å². The third kappa shape index (κ3) is 2.99. The summed E-state index contributed by atoms with van der Waals surface area (Å²) in [5.74, 6) is -1.06. The third-order valence-corrected chi connectivity index (χ3v) is 5.38. The number of amides is 1. The zero-order valence-corrected chi connectivity index (χ0v) is 14.6. The highest BCUT2D eigenvalue weighted by atomic mass is 35.5. The van der Waals surface area contributed by atoms with E-state index in [1.54, 1.807) is 6.07 Å². The fourth-order valence-corrected chi connectivity index (χ4v) is 4.11. The Hall–Kier alpha value is -1.41. The van der Waals surface area contributed by atoms with Gasteiger partial charge in [0.1, 0.15) is 11.3 Å². The largest absolute Gasteiger partial charge is 0.509 e. The maximum Gasteiger partial charge on any atom is 0.259 e. The average Bonchev–Trinajstić information content (AvgIpc) is 2.73. The van der Waals surface area contributed by atoms with E-state index in [9.17, 15) is 23.9 Å². The van der Waals surface area contributed by atoms with Gasteiger partial charge in [-0.15, -0.1) is 0 Å². The Morgan fingerprint density at radius 1 is 1.20 bits per heavy atom. The summed E-state index contributed by atoms with van der Waals surface area (Å²) < 4.78 is 26.2. The first-order chi connectivity index (χ1) is 11.8. The van der Waals surface area contributed by atoms with Crippen molar-refractivity contribution >= 4 is 34.7 Å². The smallest absolute Gasteiger partial charge is 0.259 e. The minimum Gasteiger partial charge on any atom is -0.509 e. The molecular formula is C16H16Cl2F2N2O3. The maximum absolute atomic E-state index is 13.1. The predicted molar refractivity (Wildman–Crippen MR) is 89.1 cm³/mol. The van der Waals surface area contributed by atoms with Crippen molar-refractivity contribution in [2.75, 3.05) is 19.6 Å². The molecule has 1 amide bonds. The molecule has 2 aliphatic heterocycles. The molecule has 1 saturated heterocycles. The molecule has 1 aromatic carbocycles. The Bertz CT molecular complexity index is 714. The van der Waals surface area contributed by atoms with E-state index in [0.717, 1.165) is 9.96 Å². The summed E-state index contributed by atoms with van der Waals surface area (Å²) in [6.07, 6.45) is -2.51. The van der Waals surface area contributed by atoms with Gasteiger partial charge in [-0.05, 0) is 25.0 Å². The molecule has 9 heteroatoms. The fourth-order valence-electron chi connectivity index (χ4n) is 3.52. The zero-order valence-electron chi connectivity index (χ0n) is 13.1. The molecule has 2 N–H and O–H groups in total. The number of carbonyl (C=O) groups excluding carboxylic acids is 1. The van der Waals surface area contributed by atoms with Gasteiger partial charge in [0.2, 0.25) is 0 Å². The van der Waals surface area contributed by atoms with Crippen LogP contribution >= 0.6 is 23.2 Å². The number of carbonyl (C=O) groups is 1. The molecule has 0 saturated carbocycles. The Morgan fingerprint density at radius 2 is 1.76 bits per heavy atom. The maximum atomic E-state index is 13.1. The van der Waals surface area contributed by atoms with Gasteiger partial charge in [0.05, 0.1) is 22.2 Å². The second-order valence-electron chi connectivity index (χ2n) is 6.11. The molecule has 0 unspecified atom stereocenters. The van der Waals surface area contributed by atoms with E-state index in [2.05, 4.69) is 0 Å². The molecule has 136 valence electrons. The number of hydrogen-bond donors (Lipinski definition) is 2. The molecule has 1 fully saturated rings. The number of alkyl halides is 2. The molecule has 0 aromatic heterocycles. The molecule has 5 nitrogen and oxygen atoms in total. The van der Waals surface area contributed by atoms with Crippen LogP contribution in [0.4, 0.5) is 8.78 Å². The molecule has 2 aliphatic rings. The molecule has 1 spiro atoms. The first kappa shape index (κ1) is 18.4. The molecule has 0 aliphatic carbocycles. The lowest BCUT2D eigenvalue weighted by molar-refractivity contribution is -0.147. The second kappa shape index (κ2) is 6.72. The summed E-state index contributed by atoms with van der Waals surface area (Å²) in [4.78, 5) is 13.9. The number of halogens is 4. The van der Waals surface area contributed by atoms with Crippen molar-refractivity contribution in [3.05, 3.63) is 39.6 Å². The second-order valence-corrected chi connectivity index (χ2v) is 6.93. The van der Waals surface area contributed by atoms with Crippen LogP contribution in [0.2, 0.25) is 10.0 Å². The average molecular weight is 393 g/mol. The number of aliphatic hydroxyl groups is 1. The fraction of sp³-hybridized carbons (Fsp3) is 0.438. The molecule has 3 rings (SSSR count). The van der Waals surface area contributed by atoms with Crippen LogP contribution in [0.3, 0.4) is 0 Å². The highest BCUT2D eigenvalue weighted by Gasteiger charge is 2.54. The number of benzene rings is 1. The van der Waals surface area contributed by atoms with Crippen molar-refractivity contribution in [1.29, 1.82) is 0 Å². The summed E-state index contributed by atoms with van der Waals surface area (Å²) in [5.41, 5.74) is -1.30. The Balaban J connectivity index is 2.15. The van der Waals surface area contributed by atoms with E-state index >= 15 is 0 Å². The lowest BCUT2D eigenvalue weighted by Crippen LogP contribution is -2.55. The Morgan fingerprint density at radius 3 is 2.28 bits per heavy atom. The van der Waals surface area contributed by atoms with Gasteiger partial charge < -0.3 is 15.2 Å². The standard InChI is InChI=1S/C16H16Cl2F2N2O3/c17-9-2-1-3-10(18)12(9)13-14(23)16(4-6-21(25)7-5-16)22(15(13)24)8-11(19)20/h1-3,11,23,25H,4-8H2. The molecule has 0 atom stereocenters. The number of rotatable bonds is 3. The van der Waals surface area contributed by atoms with Crippen LogP contribution in [0.1, 0.15) is 18.4 Å². The van der Waals surface area contributed by atoms with E-state index in [0.29, 0.717) is 0 Å². The van der Waals surface area contributed by atoms with Gasteiger partial charge in [-0.3, -0.25) is 4.79 Å². The summed E-state index contributed by atoms with van der Waals surface area (Å²) >= 11 is 12.3. The Kier molecular flexibility index (Phi) is 4.94. The first-order valence-electron chi connectivity index (χ1n) is 7.70. The normalized spacial score (nSPS) is 21.0. The summed E-state index contributed by atoms with van der Waals surface area (Å²) in [6.45, 7) is -0.541. The highest BCUT2D eigenvalue weighted by molar-refractivity contribution is 6.41. The SMILES string of the molecule is O=C1C(c2c(Cl)cccc2Cl)=C(O)C2(CCN(O)CC2)N1CC(F)F. The van der Waals surface area contributed by atoms with Crippen molar-refractivity contribution in [2.24, 2.45) is 0 Å². The van der Waals surface area contributed by atoms with Gasteiger partial charge in [-0.25, -0.2) is 8.78 Å². The number of hydroxylamine groups is 2. The minimum absolute atomic E-state index is 0.124. The quantitative estimate of drug-likeness (QED) is 0.824. The highest BCUT2D eigenvalue weighted by Crippen LogP contribution is 2.47. The number of piperidine rings is 1. The van der Waals surface area contributed by atoms with Crippen LogP contribution in [0.25, 0.3) is 5.57 Å². The molecule has 0 bridgehead atoms. The lowest BCUT2D eigenvalue weighted by atomic mass is 9.85. The Labute approximate surface area is 153 Å². The molecule has 25 heavy (non-hydrogen) atoms. The monoisotopic (exact) mass is 392 g/mol. The van der Waals surface area contributed by atoms with E-state index in [1.165, 1.54) is 12.1 Å². The summed E-state index contributed by atoms with van der Waals surface area (Å²) in [6, 6.07) is 4.60. The third-order valence-electron chi connectivity index (χ3n) is 4.75. The van der Waals surface area contributed by atoms with Crippen LogP contribution in [0.5, 0.6) is 0 Å². The van der Waals surface area contributed by atoms with Crippen LogP contribution in [-0.2, 0) is 4.79 Å². The summed E-state index contributed by atoms with van der Waals surface area (Å²) in [5, 5.41) is 21.8. The molecular weight excluding hydrogens is 377 g/mol. The molecule has 2 heterocycles. The van der Waals surface area contributed by atoms with Crippen molar-refractivity contribution in [2.45, 2.75) is 24.8 Å². The molecule has 1 aromatic rings. The summed E-state index contributed by atoms with van der Waals surface area (Å²) in [7, 11) is 0. The van der Waals surface area contributed by atoms with E-state index in [4.69, 9.17) is 23.2 Å². The topological polar surface area (TPSA) is 64.0 Å². The van der Waals surface area contributed by atoms with Crippen LogP contribution < -0.4 is 0 Å². The van der Waals surface area contributed by atoms with Crippen molar-refractivity contribution in [3.8, 4) is 0 Å². The van der Waals surface area contributed by atoms with Gasteiger partial charge in [0.15, 0.2) is 0 Å². The lowest BCUT2D eigenvalue weighted by Gasteiger charge is -2.43. The van der Waals surface area contributed by atoms with Gasteiger partial charge in [0, 0.05) is 18.7 Å². The number of aliphatic hydroxyl groups excluding tert-OH is 1. The van der Waals surface area contributed by atoms with Gasteiger partial charge >= 0.3 is 0 Å². The van der Waals surface area contributed by atoms with Crippen LogP contribution in [0, 0.1) is 0 Å². The zero-order chi connectivity index (χ0) is 18.4. The first-order valence-corrected chi connectivity index (χ1v) is 8.45. The van der Waals surface area contributed by atoms with Crippen molar-refractivity contribution in [1.82, 2.24) is 9.96 Å². The van der Waals surface area contributed by atoms with E-state index in [-0.39, 0.29) is 52.9 Å². The van der Waals surface area contributed by atoms with Crippen molar-refractivity contribution < 1.29 is 23.9 Å². The molecule has 0 radical (unpaired) electrons. The predicted octanol–water partition coefficient (Wildman–Crippen LogP) is 3.59. The van der Waals surface area contributed by atoms with E-state index < -0.39 is 24.4 Å². The minimum atomic E-state index is -2.76. The van der Waals surface area contributed by atoms with Crippen LogP contribution in [-0.4, -0.2) is 57.8 Å². The number of hydrogen-bond acceptors (Lipinski definition) is 4.